The van der Waals surface area contributed by atoms with Crippen LogP contribution in [0.2, 0.25) is 0 Å². The molecule has 4 heteroatoms. The fraction of sp³-hybridized carbons (Fsp3) is 0.938. The van der Waals surface area contributed by atoms with Gasteiger partial charge >= 0.3 is 0 Å². The van der Waals surface area contributed by atoms with Crippen molar-refractivity contribution in [2.45, 2.75) is 76.7 Å². The largest absolute Gasteiger partial charge is 0.396 e. The molecule has 3 N–H and O–H groups in total. The van der Waals surface area contributed by atoms with E-state index in [4.69, 9.17) is 10.8 Å². The first-order valence-electron chi connectivity index (χ1n) is 8.33. The third-order valence-corrected chi connectivity index (χ3v) is 4.33. The lowest BCUT2D eigenvalue weighted by Crippen LogP contribution is -2.54. The predicted molar refractivity (Wildman–Crippen MR) is 82.4 cm³/mol. The molecular formula is C16H32N2O2. The second-order valence-electron chi connectivity index (χ2n) is 6.15. The summed E-state index contributed by atoms with van der Waals surface area (Å²) in [5.74, 6) is 0.110. The Hall–Kier alpha value is -0.610. The molecular weight excluding hydrogens is 252 g/mol. The number of amides is 1. The van der Waals surface area contributed by atoms with E-state index in [1.807, 2.05) is 4.90 Å². The summed E-state index contributed by atoms with van der Waals surface area (Å²) in [4.78, 5) is 14.5. The highest BCUT2D eigenvalue weighted by atomic mass is 16.3. The van der Waals surface area contributed by atoms with Gasteiger partial charge in [0.1, 0.15) is 0 Å². The van der Waals surface area contributed by atoms with Crippen LogP contribution in [0.25, 0.3) is 0 Å². The number of aliphatic hydroxyl groups is 1. The summed E-state index contributed by atoms with van der Waals surface area (Å²) in [5.41, 5.74) is 5.65. The summed E-state index contributed by atoms with van der Waals surface area (Å²) >= 11 is 0. The van der Waals surface area contributed by atoms with Gasteiger partial charge in [-0.1, -0.05) is 45.4 Å². The number of carbonyl (C=O) groups is 1. The van der Waals surface area contributed by atoms with Gasteiger partial charge in [-0.05, 0) is 25.7 Å². The lowest BCUT2D eigenvalue weighted by molar-refractivity contribution is -0.137. The average Bonchev–Trinajstić information content (AvgIpc) is 2.89. The number of nitrogens with two attached hydrogens (primary N) is 1. The molecule has 0 unspecified atom stereocenters. The van der Waals surface area contributed by atoms with Gasteiger partial charge in [0, 0.05) is 19.7 Å². The van der Waals surface area contributed by atoms with Gasteiger partial charge in [0.2, 0.25) is 5.91 Å². The molecule has 0 aromatic rings. The summed E-state index contributed by atoms with van der Waals surface area (Å²) < 4.78 is 0. The van der Waals surface area contributed by atoms with Crippen LogP contribution in [0.1, 0.15) is 71.1 Å². The van der Waals surface area contributed by atoms with Gasteiger partial charge in [0.05, 0.1) is 5.54 Å². The molecule has 0 aromatic heterocycles. The van der Waals surface area contributed by atoms with E-state index in [1.54, 1.807) is 0 Å². The minimum atomic E-state index is -0.626. The average molecular weight is 284 g/mol. The Morgan fingerprint density at radius 3 is 2.30 bits per heavy atom. The first kappa shape index (κ1) is 17.4. The van der Waals surface area contributed by atoms with Crippen LogP contribution in [-0.4, -0.2) is 41.1 Å². The second kappa shape index (κ2) is 9.35. The van der Waals surface area contributed by atoms with Crippen molar-refractivity contribution in [2.75, 3.05) is 19.7 Å². The molecule has 1 aliphatic carbocycles. The Bertz CT molecular complexity index is 276. The minimum Gasteiger partial charge on any atom is -0.396 e. The molecule has 0 spiro atoms. The number of hydrogen-bond acceptors (Lipinski definition) is 3. The van der Waals surface area contributed by atoms with Crippen LogP contribution in [-0.2, 0) is 4.79 Å². The highest BCUT2D eigenvalue weighted by Gasteiger charge is 2.39. The lowest BCUT2D eigenvalue weighted by Gasteiger charge is -2.31. The van der Waals surface area contributed by atoms with E-state index < -0.39 is 5.54 Å². The first-order chi connectivity index (χ1) is 9.64. The van der Waals surface area contributed by atoms with Crippen molar-refractivity contribution in [3.05, 3.63) is 0 Å². The Morgan fingerprint density at radius 2 is 1.70 bits per heavy atom. The lowest BCUT2D eigenvalue weighted by atomic mass is 9.96. The fourth-order valence-corrected chi connectivity index (χ4v) is 3.02. The third kappa shape index (κ3) is 5.41. The minimum absolute atomic E-state index is 0.110. The molecule has 1 rings (SSSR count). The Morgan fingerprint density at radius 1 is 1.10 bits per heavy atom. The van der Waals surface area contributed by atoms with Crippen LogP contribution in [0.5, 0.6) is 0 Å². The van der Waals surface area contributed by atoms with E-state index in [-0.39, 0.29) is 12.5 Å². The van der Waals surface area contributed by atoms with Crippen LogP contribution in [0.15, 0.2) is 0 Å². The van der Waals surface area contributed by atoms with Gasteiger partial charge < -0.3 is 15.7 Å². The highest BCUT2D eigenvalue weighted by molar-refractivity contribution is 5.86. The molecule has 1 amide bonds. The molecule has 0 heterocycles. The quantitative estimate of drug-likeness (QED) is 0.606. The first-order valence-corrected chi connectivity index (χ1v) is 8.33. The molecule has 20 heavy (non-hydrogen) atoms. The maximum atomic E-state index is 12.6. The van der Waals surface area contributed by atoms with Crippen molar-refractivity contribution in [1.29, 1.82) is 0 Å². The monoisotopic (exact) mass is 284 g/mol. The second-order valence-corrected chi connectivity index (χ2v) is 6.15. The number of hydrogen-bond donors (Lipinski definition) is 2. The molecule has 118 valence electrons. The third-order valence-electron chi connectivity index (χ3n) is 4.33. The van der Waals surface area contributed by atoms with Crippen LogP contribution in [0.4, 0.5) is 0 Å². The van der Waals surface area contributed by atoms with E-state index in [9.17, 15) is 4.79 Å². The van der Waals surface area contributed by atoms with Crippen molar-refractivity contribution < 1.29 is 9.90 Å². The van der Waals surface area contributed by atoms with Crippen LogP contribution >= 0.6 is 0 Å². The van der Waals surface area contributed by atoms with E-state index in [2.05, 4.69) is 6.92 Å². The molecule has 1 fully saturated rings. The molecule has 0 radical (unpaired) electrons. The Labute approximate surface area is 123 Å². The normalized spacial score (nSPS) is 17.4. The number of aliphatic hydroxyl groups excluding tert-OH is 1. The van der Waals surface area contributed by atoms with Gasteiger partial charge in [-0.2, -0.15) is 0 Å². The standard InChI is InChI=1S/C16H32N2O2/c1-2-3-4-5-8-12-18(13-9-14-19)15(20)16(17)10-6-7-11-16/h19H,2-14,17H2,1H3. The number of unbranched alkanes of at least 4 members (excludes halogenated alkanes) is 4. The van der Waals surface area contributed by atoms with E-state index >= 15 is 0 Å². The summed E-state index contributed by atoms with van der Waals surface area (Å²) in [6.07, 6.45) is 10.4. The topological polar surface area (TPSA) is 66.6 Å². The number of carbonyl (C=O) groups excluding carboxylic acids is 1. The van der Waals surface area contributed by atoms with Crippen LogP contribution in [0, 0.1) is 0 Å². The summed E-state index contributed by atoms with van der Waals surface area (Å²) in [7, 11) is 0. The zero-order valence-corrected chi connectivity index (χ0v) is 13.1. The maximum Gasteiger partial charge on any atom is 0.242 e. The number of rotatable bonds is 10. The summed E-state index contributed by atoms with van der Waals surface area (Å²) in [6.45, 7) is 3.77. The van der Waals surface area contributed by atoms with Crippen LogP contribution in [0.3, 0.4) is 0 Å². The van der Waals surface area contributed by atoms with Gasteiger partial charge in [-0.25, -0.2) is 0 Å². The molecule has 4 nitrogen and oxygen atoms in total. The molecule has 1 saturated carbocycles. The predicted octanol–water partition coefficient (Wildman–Crippen LogP) is 2.44. The fourth-order valence-electron chi connectivity index (χ4n) is 3.02. The molecule has 0 saturated heterocycles. The Kier molecular flexibility index (Phi) is 8.15. The van der Waals surface area contributed by atoms with Crippen molar-refractivity contribution in [2.24, 2.45) is 5.73 Å². The van der Waals surface area contributed by atoms with Gasteiger partial charge in [-0.3, -0.25) is 4.79 Å². The molecule has 0 atom stereocenters. The maximum absolute atomic E-state index is 12.6. The smallest absolute Gasteiger partial charge is 0.242 e. The van der Waals surface area contributed by atoms with Gasteiger partial charge in [-0.15, -0.1) is 0 Å². The Balaban J connectivity index is 2.43. The van der Waals surface area contributed by atoms with Gasteiger partial charge in [0.15, 0.2) is 0 Å². The molecule has 1 aliphatic rings. The van der Waals surface area contributed by atoms with Crippen molar-refractivity contribution in [3.63, 3.8) is 0 Å². The summed E-state index contributed by atoms with van der Waals surface area (Å²) in [6, 6.07) is 0. The van der Waals surface area contributed by atoms with Crippen molar-refractivity contribution in [3.8, 4) is 0 Å². The molecule has 0 aromatic carbocycles. The molecule has 0 bridgehead atoms. The van der Waals surface area contributed by atoms with E-state index in [0.717, 1.165) is 38.6 Å². The number of nitrogens with zero attached hydrogens (tertiary/aromatic N) is 1. The SMILES string of the molecule is CCCCCCCN(CCCO)C(=O)C1(N)CCCC1. The van der Waals surface area contributed by atoms with Crippen molar-refractivity contribution in [1.82, 2.24) is 4.90 Å². The van der Waals surface area contributed by atoms with Crippen LogP contribution < -0.4 is 5.73 Å². The zero-order chi connectivity index (χ0) is 14.8. The molecule has 0 aliphatic heterocycles. The highest BCUT2D eigenvalue weighted by Crippen LogP contribution is 2.29. The van der Waals surface area contributed by atoms with Gasteiger partial charge in [0.25, 0.3) is 0 Å². The van der Waals surface area contributed by atoms with E-state index in [0.29, 0.717) is 13.0 Å². The summed E-state index contributed by atoms with van der Waals surface area (Å²) in [5, 5.41) is 9.00. The van der Waals surface area contributed by atoms with E-state index in [1.165, 1.54) is 25.7 Å². The van der Waals surface area contributed by atoms with Crippen molar-refractivity contribution >= 4 is 5.91 Å². The zero-order valence-electron chi connectivity index (χ0n) is 13.1.